The van der Waals surface area contributed by atoms with Gasteiger partial charge in [-0.25, -0.2) is 0 Å². The second-order valence-corrected chi connectivity index (χ2v) is 5.52. The summed E-state index contributed by atoms with van der Waals surface area (Å²) in [6.07, 6.45) is 3.05. The number of aromatic nitrogens is 4. The Bertz CT molecular complexity index is 693. The molecule has 0 spiro atoms. The molecule has 0 bridgehead atoms. The standard InChI is InChI=1S/C15H20N6O2/c1-10-18-19-20-21(10)13-9-11(6-7-14(13)23-2)17-15(22)12-5-3-4-8-16-12/h6-7,9,12,16H,3-5,8H2,1-2H3,(H,17,22). The molecule has 122 valence electrons. The average Bonchev–Trinajstić information content (AvgIpc) is 3.01. The summed E-state index contributed by atoms with van der Waals surface area (Å²) in [6.45, 7) is 2.69. The molecule has 1 saturated heterocycles. The fraction of sp³-hybridized carbons (Fsp3) is 0.467. The van der Waals surface area contributed by atoms with Gasteiger partial charge in [-0.05, 0) is 54.9 Å². The van der Waals surface area contributed by atoms with E-state index in [0.717, 1.165) is 25.8 Å². The number of aryl methyl sites for hydroxylation is 1. The highest BCUT2D eigenvalue weighted by atomic mass is 16.5. The van der Waals surface area contributed by atoms with Crippen molar-refractivity contribution in [3.63, 3.8) is 0 Å². The number of hydrogen-bond donors (Lipinski definition) is 2. The molecule has 1 aliphatic rings. The van der Waals surface area contributed by atoms with Gasteiger partial charge in [0.25, 0.3) is 0 Å². The monoisotopic (exact) mass is 316 g/mol. The number of nitrogens with one attached hydrogen (secondary N) is 2. The minimum Gasteiger partial charge on any atom is -0.494 e. The summed E-state index contributed by atoms with van der Waals surface area (Å²) in [7, 11) is 1.59. The molecular formula is C15H20N6O2. The fourth-order valence-corrected chi connectivity index (χ4v) is 2.69. The van der Waals surface area contributed by atoms with E-state index in [9.17, 15) is 4.79 Å². The Morgan fingerprint density at radius 1 is 1.43 bits per heavy atom. The van der Waals surface area contributed by atoms with Crippen LogP contribution >= 0.6 is 0 Å². The lowest BCUT2D eigenvalue weighted by atomic mass is 10.0. The topological polar surface area (TPSA) is 94.0 Å². The molecule has 23 heavy (non-hydrogen) atoms. The van der Waals surface area contributed by atoms with Gasteiger partial charge < -0.3 is 15.4 Å². The Balaban J connectivity index is 1.83. The fourth-order valence-electron chi connectivity index (χ4n) is 2.69. The summed E-state index contributed by atoms with van der Waals surface area (Å²) < 4.78 is 6.94. The molecule has 8 heteroatoms. The SMILES string of the molecule is COc1ccc(NC(=O)C2CCCCN2)cc1-n1nnnc1C. The van der Waals surface area contributed by atoms with Crippen molar-refractivity contribution in [2.45, 2.75) is 32.2 Å². The van der Waals surface area contributed by atoms with Gasteiger partial charge in [-0.2, -0.15) is 4.68 Å². The molecule has 1 aliphatic heterocycles. The number of rotatable bonds is 4. The minimum atomic E-state index is -0.135. The number of ether oxygens (including phenoxy) is 1. The van der Waals surface area contributed by atoms with Gasteiger partial charge in [0.15, 0.2) is 5.82 Å². The van der Waals surface area contributed by atoms with Crippen molar-refractivity contribution in [2.24, 2.45) is 0 Å². The molecule has 2 N–H and O–H groups in total. The number of tetrazole rings is 1. The highest BCUT2D eigenvalue weighted by molar-refractivity contribution is 5.95. The number of piperidine rings is 1. The van der Waals surface area contributed by atoms with Gasteiger partial charge in [0, 0.05) is 5.69 Å². The molecular weight excluding hydrogens is 296 g/mol. The number of hydrogen-bond acceptors (Lipinski definition) is 6. The van der Waals surface area contributed by atoms with Crippen LogP contribution in [0.25, 0.3) is 5.69 Å². The summed E-state index contributed by atoms with van der Waals surface area (Å²) in [4.78, 5) is 12.3. The summed E-state index contributed by atoms with van der Waals surface area (Å²) in [5.74, 6) is 1.25. The summed E-state index contributed by atoms with van der Waals surface area (Å²) in [6, 6.07) is 5.27. The van der Waals surface area contributed by atoms with E-state index < -0.39 is 0 Å². The van der Waals surface area contributed by atoms with Crippen LogP contribution in [0.4, 0.5) is 5.69 Å². The molecule has 8 nitrogen and oxygen atoms in total. The zero-order chi connectivity index (χ0) is 16.2. The van der Waals surface area contributed by atoms with Crippen molar-refractivity contribution in [3.8, 4) is 11.4 Å². The minimum absolute atomic E-state index is 0.0192. The third-order valence-electron chi connectivity index (χ3n) is 3.93. The Hall–Kier alpha value is -2.48. The van der Waals surface area contributed by atoms with E-state index >= 15 is 0 Å². The van der Waals surface area contributed by atoms with Crippen LogP contribution in [0.2, 0.25) is 0 Å². The number of carbonyl (C=O) groups is 1. The predicted octanol–water partition coefficient (Wildman–Crippen LogP) is 1.06. The maximum absolute atomic E-state index is 12.3. The first kappa shape index (κ1) is 15.4. The first-order valence-corrected chi connectivity index (χ1v) is 7.66. The van der Waals surface area contributed by atoms with E-state index in [4.69, 9.17) is 4.74 Å². The van der Waals surface area contributed by atoms with Gasteiger partial charge >= 0.3 is 0 Å². The van der Waals surface area contributed by atoms with Gasteiger partial charge in [0.05, 0.1) is 13.2 Å². The van der Waals surface area contributed by atoms with Crippen LogP contribution in [-0.2, 0) is 4.79 Å². The zero-order valence-corrected chi connectivity index (χ0v) is 13.2. The zero-order valence-electron chi connectivity index (χ0n) is 13.2. The van der Waals surface area contributed by atoms with Gasteiger partial charge in [0.2, 0.25) is 5.91 Å². The van der Waals surface area contributed by atoms with Crippen LogP contribution in [0.3, 0.4) is 0 Å². The van der Waals surface area contributed by atoms with Gasteiger partial charge in [-0.15, -0.1) is 5.10 Å². The first-order chi connectivity index (χ1) is 11.2. The molecule has 1 aromatic carbocycles. The molecule has 1 fully saturated rings. The van der Waals surface area contributed by atoms with Crippen molar-refractivity contribution in [1.29, 1.82) is 0 Å². The molecule has 3 rings (SSSR count). The maximum atomic E-state index is 12.3. The lowest BCUT2D eigenvalue weighted by Gasteiger charge is -2.22. The van der Waals surface area contributed by atoms with Crippen LogP contribution < -0.4 is 15.4 Å². The third-order valence-corrected chi connectivity index (χ3v) is 3.93. The van der Waals surface area contributed by atoms with E-state index in [1.54, 1.807) is 24.8 Å². The number of anilines is 1. The van der Waals surface area contributed by atoms with Gasteiger partial charge in [-0.1, -0.05) is 6.42 Å². The Morgan fingerprint density at radius 3 is 2.96 bits per heavy atom. The third kappa shape index (κ3) is 3.31. The van der Waals surface area contributed by atoms with Crippen LogP contribution in [-0.4, -0.2) is 45.8 Å². The molecule has 0 aliphatic carbocycles. The normalized spacial score (nSPS) is 17.7. The van der Waals surface area contributed by atoms with Gasteiger partial charge in [-0.3, -0.25) is 4.79 Å². The highest BCUT2D eigenvalue weighted by Gasteiger charge is 2.21. The van der Waals surface area contributed by atoms with Crippen LogP contribution in [0, 0.1) is 6.92 Å². The molecule has 1 atom stereocenters. The second kappa shape index (κ2) is 6.74. The number of benzene rings is 1. The number of amides is 1. The summed E-state index contributed by atoms with van der Waals surface area (Å²) in [5.41, 5.74) is 1.37. The predicted molar refractivity (Wildman–Crippen MR) is 84.7 cm³/mol. The van der Waals surface area contributed by atoms with E-state index in [1.165, 1.54) is 0 Å². The Morgan fingerprint density at radius 2 is 2.30 bits per heavy atom. The molecule has 2 aromatic rings. The lowest BCUT2D eigenvalue weighted by molar-refractivity contribution is -0.118. The molecule has 1 amide bonds. The first-order valence-electron chi connectivity index (χ1n) is 7.66. The van der Waals surface area contributed by atoms with E-state index in [2.05, 4.69) is 26.2 Å². The van der Waals surface area contributed by atoms with Crippen molar-refractivity contribution in [2.75, 3.05) is 19.0 Å². The molecule has 0 saturated carbocycles. The second-order valence-electron chi connectivity index (χ2n) is 5.52. The number of nitrogens with zero attached hydrogens (tertiary/aromatic N) is 4. The number of methoxy groups -OCH3 is 1. The Labute approximate surface area is 134 Å². The van der Waals surface area contributed by atoms with Crippen molar-refractivity contribution < 1.29 is 9.53 Å². The van der Waals surface area contributed by atoms with E-state index in [0.29, 0.717) is 22.9 Å². The van der Waals surface area contributed by atoms with Crippen LogP contribution in [0.5, 0.6) is 5.75 Å². The largest absolute Gasteiger partial charge is 0.494 e. The molecule has 0 radical (unpaired) electrons. The maximum Gasteiger partial charge on any atom is 0.241 e. The molecule has 1 aromatic heterocycles. The Kier molecular flexibility index (Phi) is 4.52. The quantitative estimate of drug-likeness (QED) is 0.876. The van der Waals surface area contributed by atoms with E-state index in [-0.39, 0.29) is 11.9 Å². The number of carbonyl (C=O) groups excluding carboxylic acids is 1. The van der Waals surface area contributed by atoms with Crippen LogP contribution in [0.1, 0.15) is 25.1 Å². The van der Waals surface area contributed by atoms with Crippen molar-refractivity contribution in [1.82, 2.24) is 25.5 Å². The summed E-state index contributed by atoms with van der Waals surface area (Å²) >= 11 is 0. The lowest BCUT2D eigenvalue weighted by Crippen LogP contribution is -2.43. The van der Waals surface area contributed by atoms with E-state index in [1.807, 2.05) is 12.1 Å². The highest BCUT2D eigenvalue weighted by Crippen LogP contribution is 2.26. The summed E-state index contributed by atoms with van der Waals surface area (Å²) in [5, 5.41) is 17.7. The van der Waals surface area contributed by atoms with Crippen molar-refractivity contribution in [3.05, 3.63) is 24.0 Å². The molecule has 2 heterocycles. The van der Waals surface area contributed by atoms with Crippen molar-refractivity contribution >= 4 is 11.6 Å². The molecule has 1 unspecified atom stereocenters. The average molecular weight is 316 g/mol. The van der Waals surface area contributed by atoms with Crippen LogP contribution in [0.15, 0.2) is 18.2 Å². The van der Waals surface area contributed by atoms with Gasteiger partial charge in [0.1, 0.15) is 11.4 Å². The smallest absolute Gasteiger partial charge is 0.241 e.